The maximum Gasteiger partial charge on any atom is 0.410 e. The molecule has 5 heteroatoms. The van der Waals surface area contributed by atoms with Gasteiger partial charge in [0.25, 0.3) is 5.91 Å². The molecule has 1 aliphatic heterocycles. The second-order valence-electron chi connectivity index (χ2n) is 6.93. The highest BCUT2D eigenvalue weighted by atomic mass is 16.6. The summed E-state index contributed by atoms with van der Waals surface area (Å²) >= 11 is 0. The first-order valence-electron chi connectivity index (χ1n) is 8.11. The summed E-state index contributed by atoms with van der Waals surface area (Å²) < 4.78 is 5.42. The molecule has 126 valence electrons. The van der Waals surface area contributed by atoms with Crippen molar-refractivity contribution in [2.75, 3.05) is 26.2 Å². The number of aryl methyl sites for hydroxylation is 1. The average molecular weight is 318 g/mol. The van der Waals surface area contributed by atoms with E-state index < -0.39 is 5.60 Å². The van der Waals surface area contributed by atoms with Crippen LogP contribution in [0.2, 0.25) is 0 Å². The Kier molecular flexibility index (Phi) is 5.29. The van der Waals surface area contributed by atoms with Gasteiger partial charge in [-0.05, 0) is 45.7 Å². The van der Waals surface area contributed by atoms with E-state index in [-0.39, 0.29) is 12.0 Å². The molecule has 0 saturated carbocycles. The summed E-state index contributed by atoms with van der Waals surface area (Å²) in [5, 5.41) is 0. The van der Waals surface area contributed by atoms with E-state index in [1.165, 1.54) is 0 Å². The van der Waals surface area contributed by atoms with Crippen LogP contribution in [0.5, 0.6) is 0 Å². The Morgan fingerprint density at radius 1 is 1.00 bits per heavy atom. The van der Waals surface area contributed by atoms with Gasteiger partial charge < -0.3 is 14.5 Å². The third kappa shape index (κ3) is 4.71. The Labute approximate surface area is 138 Å². The van der Waals surface area contributed by atoms with Crippen LogP contribution in [0.25, 0.3) is 0 Å². The summed E-state index contributed by atoms with van der Waals surface area (Å²) in [6, 6.07) is 7.61. The van der Waals surface area contributed by atoms with Gasteiger partial charge in [-0.2, -0.15) is 0 Å². The summed E-state index contributed by atoms with van der Waals surface area (Å²) in [6.07, 6.45) is 0.458. The normalized spacial score (nSPS) is 16.0. The highest BCUT2D eigenvalue weighted by Gasteiger charge is 2.26. The second kappa shape index (κ2) is 7.02. The van der Waals surface area contributed by atoms with Gasteiger partial charge in [0.2, 0.25) is 0 Å². The number of benzene rings is 1. The van der Waals surface area contributed by atoms with Gasteiger partial charge in [-0.15, -0.1) is 0 Å². The van der Waals surface area contributed by atoms with Gasteiger partial charge in [0.05, 0.1) is 0 Å². The molecule has 2 amide bonds. The lowest BCUT2D eigenvalue weighted by Gasteiger charge is -2.26. The largest absolute Gasteiger partial charge is 0.444 e. The molecule has 0 bridgehead atoms. The Bertz CT molecular complexity index is 578. The summed E-state index contributed by atoms with van der Waals surface area (Å²) in [4.78, 5) is 28.4. The van der Waals surface area contributed by atoms with Crippen LogP contribution in [-0.2, 0) is 4.74 Å². The van der Waals surface area contributed by atoms with Crippen LogP contribution in [0.1, 0.15) is 43.1 Å². The van der Waals surface area contributed by atoms with Crippen molar-refractivity contribution in [3.8, 4) is 0 Å². The predicted octanol–water partition coefficient (Wildman–Crippen LogP) is 3.08. The lowest BCUT2D eigenvalue weighted by Crippen LogP contribution is -2.40. The molecular formula is C18H26N2O3. The first-order valence-corrected chi connectivity index (χ1v) is 8.11. The highest BCUT2D eigenvalue weighted by molar-refractivity contribution is 5.95. The Balaban J connectivity index is 2.00. The van der Waals surface area contributed by atoms with Gasteiger partial charge in [-0.1, -0.05) is 18.2 Å². The van der Waals surface area contributed by atoms with Crippen molar-refractivity contribution in [3.63, 3.8) is 0 Å². The zero-order valence-electron chi connectivity index (χ0n) is 14.5. The van der Waals surface area contributed by atoms with Crippen molar-refractivity contribution in [3.05, 3.63) is 35.4 Å². The molecule has 23 heavy (non-hydrogen) atoms. The van der Waals surface area contributed by atoms with Gasteiger partial charge in [0.15, 0.2) is 0 Å². The van der Waals surface area contributed by atoms with Gasteiger partial charge in [-0.25, -0.2) is 4.79 Å². The first-order chi connectivity index (χ1) is 10.8. The Morgan fingerprint density at radius 2 is 1.61 bits per heavy atom. The van der Waals surface area contributed by atoms with E-state index >= 15 is 0 Å². The quantitative estimate of drug-likeness (QED) is 0.799. The van der Waals surface area contributed by atoms with Gasteiger partial charge in [0.1, 0.15) is 5.60 Å². The molecule has 1 aromatic carbocycles. The number of ether oxygens (including phenoxy) is 1. The molecule has 0 unspecified atom stereocenters. The molecule has 1 aromatic rings. The topological polar surface area (TPSA) is 49.9 Å². The minimum atomic E-state index is -0.500. The molecule has 5 nitrogen and oxygen atoms in total. The van der Waals surface area contributed by atoms with E-state index in [1.807, 2.05) is 56.9 Å². The summed E-state index contributed by atoms with van der Waals surface area (Å²) in [6.45, 7) is 9.83. The fourth-order valence-electron chi connectivity index (χ4n) is 2.61. The van der Waals surface area contributed by atoms with Crippen molar-refractivity contribution in [1.29, 1.82) is 0 Å². The molecular weight excluding hydrogens is 292 g/mol. The van der Waals surface area contributed by atoms with Gasteiger partial charge in [0, 0.05) is 31.7 Å². The van der Waals surface area contributed by atoms with Crippen LogP contribution in [-0.4, -0.2) is 53.6 Å². The van der Waals surface area contributed by atoms with E-state index in [2.05, 4.69) is 0 Å². The number of hydrogen-bond acceptors (Lipinski definition) is 3. The smallest absolute Gasteiger partial charge is 0.410 e. The van der Waals surface area contributed by atoms with Crippen molar-refractivity contribution < 1.29 is 14.3 Å². The average Bonchev–Trinajstić information content (AvgIpc) is 2.71. The van der Waals surface area contributed by atoms with Gasteiger partial charge in [-0.3, -0.25) is 4.79 Å². The minimum absolute atomic E-state index is 0.0362. The van der Waals surface area contributed by atoms with E-state index in [0.717, 1.165) is 17.5 Å². The SMILES string of the molecule is Cc1ccccc1C(=O)N1CCCN(C(=O)OC(C)(C)C)CC1. The number of amides is 2. The summed E-state index contributed by atoms with van der Waals surface area (Å²) in [7, 11) is 0. The lowest BCUT2D eigenvalue weighted by molar-refractivity contribution is 0.0255. The second-order valence-corrected chi connectivity index (χ2v) is 6.93. The number of carbonyl (C=O) groups is 2. The predicted molar refractivity (Wildman–Crippen MR) is 89.5 cm³/mol. The van der Waals surface area contributed by atoms with E-state index in [0.29, 0.717) is 26.2 Å². The Hall–Kier alpha value is -2.04. The van der Waals surface area contributed by atoms with E-state index in [9.17, 15) is 9.59 Å². The molecule has 1 saturated heterocycles. The highest BCUT2D eigenvalue weighted by Crippen LogP contribution is 2.15. The van der Waals surface area contributed by atoms with E-state index in [4.69, 9.17) is 4.74 Å². The lowest BCUT2D eigenvalue weighted by atomic mass is 10.1. The molecule has 0 aromatic heterocycles. The first kappa shape index (κ1) is 17.3. The number of nitrogens with zero attached hydrogens (tertiary/aromatic N) is 2. The third-order valence-corrected chi connectivity index (χ3v) is 3.81. The van der Waals surface area contributed by atoms with Crippen molar-refractivity contribution in [1.82, 2.24) is 9.80 Å². The summed E-state index contributed by atoms with van der Waals surface area (Å²) in [5.74, 6) is 0.0362. The van der Waals surface area contributed by atoms with Crippen LogP contribution in [0.15, 0.2) is 24.3 Å². The molecule has 0 aliphatic carbocycles. The van der Waals surface area contributed by atoms with Crippen LogP contribution >= 0.6 is 0 Å². The third-order valence-electron chi connectivity index (χ3n) is 3.81. The van der Waals surface area contributed by atoms with Crippen molar-refractivity contribution in [2.45, 2.75) is 39.7 Å². The molecule has 2 rings (SSSR count). The molecule has 0 N–H and O–H groups in total. The van der Waals surface area contributed by atoms with Crippen LogP contribution in [0.4, 0.5) is 4.79 Å². The van der Waals surface area contributed by atoms with Crippen molar-refractivity contribution in [2.24, 2.45) is 0 Å². The van der Waals surface area contributed by atoms with E-state index in [1.54, 1.807) is 4.90 Å². The minimum Gasteiger partial charge on any atom is -0.444 e. The fourth-order valence-corrected chi connectivity index (χ4v) is 2.61. The monoisotopic (exact) mass is 318 g/mol. The summed E-state index contributed by atoms with van der Waals surface area (Å²) in [5.41, 5.74) is 1.21. The molecule has 1 aliphatic rings. The van der Waals surface area contributed by atoms with Crippen molar-refractivity contribution >= 4 is 12.0 Å². The van der Waals surface area contributed by atoms with Crippen LogP contribution in [0, 0.1) is 6.92 Å². The van der Waals surface area contributed by atoms with Crippen LogP contribution < -0.4 is 0 Å². The number of rotatable bonds is 1. The molecule has 0 atom stereocenters. The molecule has 1 heterocycles. The Morgan fingerprint density at radius 3 is 2.26 bits per heavy atom. The van der Waals surface area contributed by atoms with Gasteiger partial charge >= 0.3 is 6.09 Å². The standard InChI is InChI=1S/C18H26N2O3/c1-14-8-5-6-9-15(14)16(21)19-10-7-11-20(13-12-19)17(22)23-18(2,3)4/h5-6,8-9H,7,10-13H2,1-4H3. The zero-order valence-corrected chi connectivity index (χ0v) is 14.5. The zero-order chi connectivity index (χ0) is 17.0. The fraction of sp³-hybridized carbons (Fsp3) is 0.556. The number of carbonyl (C=O) groups excluding carboxylic acids is 2. The molecule has 1 fully saturated rings. The molecule has 0 radical (unpaired) electrons. The maximum atomic E-state index is 12.7. The molecule has 0 spiro atoms. The number of hydrogen-bond donors (Lipinski definition) is 0. The van der Waals surface area contributed by atoms with Crippen LogP contribution in [0.3, 0.4) is 0 Å². The maximum absolute atomic E-state index is 12.7.